The van der Waals surface area contributed by atoms with Gasteiger partial charge in [0.2, 0.25) is 5.91 Å². The van der Waals surface area contributed by atoms with Crippen molar-refractivity contribution >= 4 is 17.5 Å². The molecular formula is C15H23N3O3. The molecule has 1 aromatic carbocycles. The lowest BCUT2D eigenvalue weighted by Gasteiger charge is -2.16. The SMILES string of the molecule is CCOc1ccc(C(=O)NC(C)C(=O)NC(C)C)cc1N. The number of rotatable bonds is 6. The van der Waals surface area contributed by atoms with Gasteiger partial charge < -0.3 is 21.1 Å². The number of nitrogen functional groups attached to an aromatic ring is 1. The van der Waals surface area contributed by atoms with Crippen LogP contribution >= 0.6 is 0 Å². The maximum Gasteiger partial charge on any atom is 0.251 e. The number of carbonyl (C=O) groups excluding carboxylic acids is 2. The summed E-state index contributed by atoms with van der Waals surface area (Å²) in [5.41, 5.74) is 6.60. The molecule has 0 saturated carbocycles. The van der Waals surface area contributed by atoms with E-state index in [1.54, 1.807) is 19.1 Å². The van der Waals surface area contributed by atoms with E-state index in [4.69, 9.17) is 10.5 Å². The molecule has 0 bridgehead atoms. The number of benzene rings is 1. The van der Waals surface area contributed by atoms with E-state index in [-0.39, 0.29) is 17.9 Å². The molecule has 6 heteroatoms. The number of anilines is 1. The van der Waals surface area contributed by atoms with Crippen molar-refractivity contribution in [2.75, 3.05) is 12.3 Å². The highest BCUT2D eigenvalue weighted by Crippen LogP contribution is 2.22. The molecule has 1 unspecified atom stereocenters. The third-order valence-electron chi connectivity index (χ3n) is 2.74. The predicted octanol–water partition coefficient (Wildman–Crippen LogP) is 1.31. The molecule has 1 aromatic rings. The summed E-state index contributed by atoms with van der Waals surface area (Å²) in [6, 6.07) is 4.20. The zero-order chi connectivity index (χ0) is 16.0. The van der Waals surface area contributed by atoms with Crippen LogP contribution in [0.1, 0.15) is 38.1 Å². The summed E-state index contributed by atoms with van der Waals surface area (Å²) in [4.78, 5) is 23.8. The average Bonchev–Trinajstić information content (AvgIpc) is 2.40. The molecule has 116 valence electrons. The zero-order valence-corrected chi connectivity index (χ0v) is 12.9. The van der Waals surface area contributed by atoms with Gasteiger partial charge in [-0.15, -0.1) is 0 Å². The van der Waals surface area contributed by atoms with E-state index in [2.05, 4.69) is 10.6 Å². The number of hydrogen-bond donors (Lipinski definition) is 3. The highest BCUT2D eigenvalue weighted by Gasteiger charge is 2.17. The second-order valence-electron chi connectivity index (χ2n) is 5.04. The molecule has 0 aromatic heterocycles. The molecule has 2 amide bonds. The number of hydrogen-bond acceptors (Lipinski definition) is 4. The summed E-state index contributed by atoms with van der Waals surface area (Å²) in [6.07, 6.45) is 0. The van der Waals surface area contributed by atoms with E-state index < -0.39 is 6.04 Å². The molecule has 0 heterocycles. The van der Waals surface area contributed by atoms with E-state index in [0.29, 0.717) is 23.6 Å². The molecular weight excluding hydrogens is 270 g/mol. The predicted molar refractivity (Wildman–Crippen MR) is 82.2 cm³/mol. The van der Waals surface area contributed by atoms with Crippen LogP contribution < -0.4 is 21.1 Å². The standard InChI is InChI=1S/C15H23N3O3/c1-5-21-13-7-6-11(8-12(13)16)15(20)18-10(4)14(19)17-9(2)3/h6-10H,5,16H2,1-4H3,(H,17,19)(H,18,20). The van der Waals surface area contributed by atoms with E-state index in [1.165, 1.54) is 6.07 Å². The highest BCUT2D eigenvalue weighted by atomic mass is 16.5. The molecule has 4 N–H and O–H groups in total. The largest absolute Gasteiger partial charge is 0.492 e. The van der Waals surface area contributed by atoms with E-state index in [0.717, 1.165) is 0 Å². The van der Waals surface area contributed by atoms with Crippen LogP contribution in [0.5, 0.6) is 5.75 Å². The molecule has 0 radical (unpaired) electrons. The maximum absolute atomic E-state index is 12.1. The first kappa shape index (κ1) is 16.8. The third kappa shape index (κ3) is 4.98. The first-order valence-corrected chi connectivity index (χ1v) is 6.98. The Morgan fingerprint density at radius 2 is 1.90 bits per heavy atom. The van der Waals surface area contributed by atoms with Gasteiger partial charge in [0.25, 0.3) is 5.91 Å². The highest BCUT2D eigenvalue weighted by molar-refractivity contribution is 5.98. The van der Waals surface area contributed by atoms with Gasteiger partial charge in [0.15, 0.2) is 0 Å². The van der Waals surface area contributed by atoms with Gasteiger partial charge in [0.1, 0.15) is 11.8 Å². The van der Waals surface area contributed by atoms with Gasteiger partial charge in [0.05, 0.1) is 12.3 Å². The quantitative estimate of drug-likeness (QED) is 0.689. The molecule has 0 aliphatic rings. The second-order valence-corrected chi connectivity index (χ2v) is 5.04. The molecule has 0 spiro atoms. The van der Waals surface area contributed by atoms with Crippen LogP contribution in [0, 0.1) is 0 Å². The van der Waals surface area contributed by atoms with Gasteiger partial charge in [-0.1, -0.05) is 0 Å². The fourth-order valence-electron chi connectivity index (χ4n) is 1.73. The van der Waals surface area contributed by atoms with Gasteiger partial charge in [-0.2, -0.15) is 0 Å². The first-order chi connectivity index (χ1) is 9.85. The van der Waals surface area contributed by atoms with Crippen molar-refractivity contribution in [1.29, 1.82) is 0 Å². The number of carbonyl (C=O) groups is 2. The lowest BCUT2D eigenvalue weighted by molar-refractivity contribution is -0.123. The van der Waals surface area contributed by atoms with Gasteiger partial charge in [-0.25, -0.2) is 0 Å². The zero-order valence-electron chi connectivity index (χ0n) is 12.9. The summed E-state index contributed by atoms with van der Waals surface area (Å²) in [5.74, 6) is -0.0342. The van der Waals surface area contributed by atoms with Crippen LogP contribution in [-0.4, -0.2) is 30.5 Å². The van der Waals surface area contributed by atoms with Crippen LogP contribution in [0.15, 0.2) is 18.2 Å². The van der Waals surface area contributed by atoms with Crippen molar-refractivity contribution in [3.63, 3.8) is 0 Å². The number of ether oxygens (including phenoxy) is 1. The molecule has 0 saturated heterocycles. The summed E-state index contributed by atoms with van der Waals surface area (Å²) < 4.78 is 5.31. The van der Waals surface area contributed by atoms with E-state index in [9.17, 15) is 9.59 Å². The third-order valence-corrected chi connectivity index (χ3v) is 2.74. The molecule has 0 fully saturated rings. The maximum atomic E-state index is 12.1. The minimum absolute atomic E-state index is 0.0259. The Balaban J connectivity index is 2.71. The van der Waals surface area contributed by atoms with Crippen molar-refractivity contribution < 1.29 is 14.3 Å². The molecule has 21 heavy (non-hydrogen) atoms. The molecule has 6 nitrogen and oxygen atoms in total. The van der Waals surface area contributed by atoms with Crippen LogP contribution in [0.25, 0.3) is 0 Å². The molecule has 0 aliphatic heterocycles. The van der Waals surface area contributed by atoms with Crippen LogP contribution in [0.2, 0.25) is 0 Å². The number of amides is 2. The van der Waals surface area contributed by atoms with Gasteiger partial charge in [-0.3, -0.25) is 9.59 Å². The summed E-state index contributed by atoms with van der Waals surface area (Å²) in [5, 5.41) is 5.37. The summed E-state index contributed by atoms with van der Waals surface area (Å²) in [6.45, 7) is 7.71. The number of nitrogens with one attached hydrogen (secondary N) is 2. The van der Waals surface area contributed by atoms with Gasteiger partial charge in [0, 0.05) is 11.6 Å². The molecule has 1 rings (SSSR count). The first-order valence-electron chi connectivity index (χ1n) is 6.98. The van der Waals surface area contributed by atoms with Crippen LogP contribution in [0.3, 0.4) is 0 Å². The summed E-state index contributed by atoms with van der Waals surface area (Å²) >= 11 is 0. The Hall–Kier alpha value is -2.24. The van der Waals surface area contributed by atoms with E-state index >= 15 is 0 Å². The fourth-order valence-corrected chi connectivity index (χ4v) is 1.73. The fraction of sp³-hybridized carbons (Fsp3) is 0.467. The number of nitrogens with two attached hydrogens (primary N) is 1. The molecule has 1 atom stereocenters. The Kier molecular flexibility index (Phi) is 6.02. The van der Waals surface area contributed by atoms with Crippen LogP contribution in [0.4, 0.5) is 5.69 Å². The van der Waals surface area contributed by atoms with Gasteiger partial charge in [-0.05, 0) is 45.9 Å². The lowest BCUT2D eigenvalue weighted by atomic mass is 10.1. The van der Waals surface area contributed by atoms with Gasteiger partial charge >= 0.3 is 0 Å². The van der Waals surface area contributed by atoms with Crippen molar-refractivity contribution in [3.8, 4) is 5.75 Å². The summed E-state index contributed by atoms with van der Waals surface area (Å²) in [7, 11) is 0. The van der Waals surface area contributed by atoms with Crippen molar-refractivity contribution in [2.24, 2.45) is 0 Å². The van der Waals surface area contributed by atoms with Crippen LogP contribution in [-0.2, 0) is 4.79 Å². The smallest absolute Gasteiger partial charge is 0.251 e. The Labute approximate surface area is 125 Å². The van der Waals surface area contributed by atoms with Crippen molar-refractivity contribution in [3.05, 3.63) is 23.8 Å². The Bertz CT molecular complexity index is 515. The average molecular weight is 293 g/mol. The van der Waals surface area contributed by atoms with E-state index in [1.807, 2.05) is 20.8 Å². The monoisotopic (exact) mass is 293 g/mol. The van der Waals surface area contributed by atoms with Crippen molar-refractivity contribution in [1.82, 2.24) is 10.6 Å². The molecule has 0 aliphatic carbocycles. The minimum atomic E-state index is -0.618. The Morgan fingerprint density at radius 3 is 2.43 bits per heavy atom. The van der Waals surface area contributed by atoms with Crippen molar-refractivity contribution in [2.45, 2.75) is 39.8 Å². The lowest BCUT2D eigenvalue weighted by Crippen LogP contribution is -2.46. The normalized spacial score (nSPS) is 11.9. The minimum Gasteiger partial charge on any atom is -0.492 e. The topological polar surface area (TPSA) is 93.4 Å². The Morgan fingerprint density at radius 1 is 1.24 bits per heavy atom. The second kappa shape index (κ2) is 7.52.